The molecule has 12 heavy (non-hydrogen) atoms. The van der Waals surface area contributed by atoms with E-state index in [9.17, 15) is 0 Å². The summed E-state index contributed by atoms with van der Waals surface area (Å²) in [7, 11) is 0. The molecule has 1 aromatic heterocycles. The summed E-state index contributed by atoms with van der Waals surface area (Å²) in [4.78, 5) is 4.07. The van der Waals surface area contributed by atoms with Crippen molar-refractivity contribution in [2.45, 2.75) is 6.54 Å². The fourth-order valence-corrected chi connectivity index (χ4v) is 1.05. The number of aromatic nitrogens is 1. The Bertz CT molecular complexity index is 408. The van der Waals surface area contributed by atoms with Crippen LogP contribution in [0.4, 0.5) is 0 Å². The summed E-state index contributed by atoms with van der Waals surface area (Å²) in [5.74, 6) is 0.651. The Morgan fingerprint density at radius 3 is 3.08 bits per heavy atom. The first-order valence-electron chi connectivity index (χ1n) is 3.58. The molecule has 0 saturated heterocycles. The number of benzene rings is 1. The van der Waals surface area contributed by atoms with E-state index in [4.69, 9.17) is 15.3 Å². The Hall–Kier alpha value is -1.55. The first kappa shape index (κ1) is 7.12. The Morgan fingerprint density at radius 2 is 2.33 bits per heavy atom. The van der Waals surface area contributed by atoms with Gasteiger partial charge in [-0.2, -0.15) is 0 Å². The highest BCUT2D eigenvalue weighted by Gasteiger charge is 2.03. The number of fused-ring (bicyclic) bond motifs is 1. The molecule has 0 fully saturated rings. The molecule has 2 aromatic rings. The minimum Gasteiger partial charge on any atom is -0.508 e. The fraction of sp³-hybridized carbons (Fsp3) is 0.125. The van der Waals surface area contributed by atoms with Gasteiger partial charge in [-0.15, -0.1) is 0 Å². The van der Waals surface area contributed by atoms with Crippen molar-refractivity contribution in [2.24, 2.45) is 5.73 Å². The molecule has 4 heteroatoms. The van der Waals surface area contributed by atoms with Crippen LogP contribution in [-0.4, -0.2) is 10.1 Å². The first-order chi connectivity index (χ1) is 5.79. The first-order valence-corrected chi connectivity index (χ1v) is 3.58. The van der Waals surface area contributed by atoms with Gasteiger partial charge in [0.15, 0.2) is 5.58 Å². The topological polar surface area (TPSA) is 72.3 Å². The molecule has 0 amide bonds. The summed E-state index contributed by atoms with van der Waals surface area (Å²) in [6.07, 6.45) is 0. The van der Waals surface area contributed by atoms with Crippen molar-refractivity contribution in [3.8, 4) is 5.75 Å². The van der Waals surface area contributed by atoms with E-state index >= 15 is 0 Å². The Morgan fingerprint density at radius 1 is 1.50 bits per heavy atom. The van der Waals surface area contributed by atoms with E-state index in [0.717, 1.165) is 0 Å². The Labute approximate surface area is 68.6 Å². The molecule has 0 spiro atoms. The van der Waals surface area contributed by atoms with Gasteiger partial charge in [0.25, 0.3) is 0 Å². The van der Waals surface area contributed by atoms with Crippen LogP contribution in [0.5, 0.6) is 5.75 Å². The number of rotatable bonds is 1. The average Bonchev–Trinajstić information content (AvgIpc) is 2.46. The molecule has 0 aliphatic rings. The number of hydrogen-bond acceptors (Lipinski definition) is 4. The summed E-state index contributed by atoms with van der Waals surface area (Å²) in [5, 5.41) is 9.09. The molecule has 2 rings (SSSR count). The molecule has 0 aliphatic heterocycles. The lowest BCUT2D eigenvalue weighted by atomic mass is 10.3. The molecule has 1 heterocycles. The molecule has 0 atom stereocenters. The van der Waals surface area contributed by atoms with Crippen molar-refractivity contribution < 1.29 is 9.52 Å². The van der Waals surface area contributed by atoms with E-state index in [-0.39, 0.29) is 12.3 Å². The van der Waals surface area contributed by atoms with Gasteiger partial charge in [0.2, 0.25) is 5.89 Å². The monoisotopic (exact) mass is 164 g/mol. The summed E-state index contributed by atoms with van der Waals surface area (Å²) >= 11 is 0. The number of nitrogens with two attached hydrogens (primary N) is 1. The van der Waals surface area contributed by atoms with Crippen LogP contribution >= 0.6 is 0 Å². The van der Waals surface area contributed by atoms with Crippen LogP contribution in [0.2, 0.25) is 0 Å². The molecule has 0 radical (unpaired) electrons. The Kier molecular flexibility index (Phi) is 1.48. The van der Waals surface area contributed by atoms with Crippen LogP contribution in [0.15, 0.2) is 22.6 Å². The molecule has 0 unspecified atom stereocenters. The van der Waals surface area contributed by atoms with Crippen LogP contribution in [0.1, 0.15) is 5.89 Å². The maximum absolute atomic E-state index is 9.09. The predicted molar refractivity (Wildman–Crippen MR) is 43.6 cm³/mol. The number of phenols is 1. The highest BCUT2D eigenvalue weighted by Crippen LogP contribution is 2.19. The fourth-order valence-electron chi connectivity index (χ4n) is 1.05. The number of aromatic hydroxyl groups is 1. The zero-order valence-corrected chi connectivity index (χ0v) is 6.32. The van der Waals surface area contributed by atoms with E-state index in [0.29, 0.717) is 17.0 Å². The van der Waals surface area contributed by atoms with E-state index in [2.05, 4.69) is 4.98 Å². The number of phenolic OH excluding ortho intramolecular Hbond substituents is 1. The van der Waals surface area contributed by atoms with Crippen LogP contribution in [0.25, 0.3) is 11.1 Å². The SMILES string of the molecule is NCc1nc2ccc(O)cc2o1. The standard InChI is InChI=1S/C8H8N2O2/c9-4-8-10-6-2-1-5(11)3-7(6)12-8/h1-3,11H,4,9H2. The van der Waals surface area contributed by atoms with Gasteiger partial charge >= 0.3 is 0 Å². The zero-order valence-electron chi connectivity index (χ0n) is 6.32. The van der Waals surface area contributed by atoms with Gasteiger partial charge in [-0.25, -0.2) is 4.98 Å². The predicted octanol–water partition coefficient (Wildman–Crippen LogP) is 0.992. The molecule has 3 N–H and O–H groups in total. The van der Waals surface area contributed by atoms with Gasteiger partial charge < -0.3 is 15.3 Å². The van der Waals surface area contributed by atoms with Gasteiger partial charge in [0, 0.05) is 6.07 Å². The molecule has 4 nitrogen and oxygen atoms in total. The third-order valence-electron chi connectivity index (χ3n) is 1.59. The molecule has 62 valence electrons. The number of nitrogens with zero attached hydrogens (tertiary/aromatic N) is 1. The Balaban J connectivity index is 2.67. The molecule has 0 saturated carbocycles. The summed E-state index contributed by atoms with van der Waals surface area (Å²) in [6.45, 7) is 0.273. The maximum Gasteiger partial charge on any atom is 0.209 e. The second-order valence-corrected chi connectivity index (χ2v) is 2.46. The van der Waals surface area contributed by atoms with Crippen LogP contribution < -0.4 is 5.73 Å². The minimum absolute atomic E-state index is 0.169. The smallest absolute Gasteiger partial charge is 0.209 e. The van der Waals surface area contributed by atoms with E-state index < -0.39 is 0 Å². The van der Waals surface area contributed by atoms with Gasteiger partial charge in [0.05, 0.1) is 6.54 Å². The third-order valence-corrected chi connectivity index (χ3v) is 1.59. The highest BCUT2D eigenvalue weighted by atomic mass is 16.3. The minimum atomic E-state index is 0.169. The van der Waals surface area contributed by atoms with Crippen molar-refractivity contribution >= 4 is 11.1 Å². The molecular weight excluding hydrogens is 156 g/mol. The van der Waals surface area contributed by atoms with Crippen molar-refractivity contribution in [2.75, 3.05) is 0 Å². The van der Waals surface area contributed by atoms with E-state index in [1.807, 2.05) is 0 Å². The van der Waals surface area contributed by atoms with Crippen LogP contribution in [-0.2, 0) is 6.54 Å². The highest BCUT2D eigenvalue weighted by molar-refractivity contribution is 5.74. The van der Waals surface area contributed by atoms with Crippen LogP contribution in [0.3, 0.4) is 0 Å². The van der Waals surface area contributed by atoms with Crippen LogP contribution in [0, 0.1) is 0 Å². The molecule has 0 aliphatic carbocycles. The lowest BCUT2D eigenvalue weighted by molar-refractivity contribution is 0.473. The quantitative estimate of drug-likeness (QED) is 0.659. The third kappa shape index (κ3) is 1.02. The summed E-state index contributed by atoms with van der Waals surface area (Å²) < 4.78 is 5.20. The molecule has 0 bridgehead atoms. The van der Waals surface area contributed by atoms with E-state index in [1.165, 1.54) is 6.07 Å². The second kappa shape index (κ2) is 2.49. The number of oxazole rings is 1. The molecular formula is C8H8N2O2. The number of hydrogen-bond donors (Lipinski definition) is 2. The summed E-state index contributed by atoms with van der Waals surface area (Å²) in [6, 6.07) is 4.76. The van der Waals surface area contributed by atoms with Crippen molar-refractivity contribution in [3.63, 3.8) is 0 Å². The van der Waals surface area contributed by atoms with Crippen molar-refractivity contribution in [1.82, 2.24) is 4.98 Å². The van der Waals surface area contributed by atoms with Gasteiger partial charge in [-0.1, -0.05) is 0 Å². The lowest BCUT2D eigenvalue weighted by Crippen LogP contribution is -1.94. The van der Waals surface area contributed by atoms with Gasteiger partial charge in [-0.3, -0.25) is 0 Å². The average molecular weight is 164 g/mol. The molecule has 1 aromatic carbocycles. The second-order valence-electron chi connectivity index (χ2n) is 2.46. The maximum atomic E-state index is 9.09. The largest absolute Gasteiger partial charge is 0.508 e. The van der Waals surface area contributed by atoms with Crippen molar-refractivity contribution in [3.05, 3.63) is 24.1 Å². The van der Waals surface area contributed by atoms with E-state index in [1.54, 1.807) is 12.1 Å². The van der Waals surface area contributed by atoms with Gasteiger partial charge in [0.1, 0.15) is 11.3 Å². The van der Waals surface area contributed by atoms with Crippen molar-refractivity contribution in [1.29, 1.82) is 0 Å². The summed E-state index contributed by atoms with van der Waals surface area (Å²) in [5.41, 5.74) is 6.61. The van der Waals surface area contributed by atoms with Gasteiger partial charge in [-0.05, 0) is 12.1 Å². The lowest BCUT2D eigenvalue weighted by Gasteiger charge is -1.87. The zero-order chi connectivity index (χ0) is 8.55. The normalized spacial score (nSPS) is 10.8.